The number of hydrogen-bond acceptors (Lipinski definition) is 5. The van der Waals surface area contributed by atoms with E-state index in [9.17, 15) is 18.0 Å². The Morgan fingerprint density at radius 2 is 1.84 bits per heavy atom. The summed E-state index contributed by atoms with van der Waals surface area (Å²) in [7, 11) is -2.20. The second-order valence-electron chi connectivity index (χ2n) is 5.64. The molecule has 3 amide bonds. The van der Waals surface area contributed by atoms with Crippen LogP contribution in [0.1, 0.15) is 6.92 Å². The molecule has 1 aliphatic rings. The highest BCUT2D eigenvalue weighted by Crippen LogP contribution is 2.21. The maximum Gasteiger partial charge on any atom is 0.321 e. The van der Waals surface area contributed by atoms with Crippen molar-refractivity contribution >= 4 is 33.6 Å². The van der Waals surface area contributed by atoms with E-state index in [1.165, 1.54) is 23.5 Å². The summed E-state index contributed by atoms with van der Waals surface area (Å²) in [5, 5.41) is 4.90. The zero-order chi connectivity index (χ0) is 18.6. The first-order valence-corrected chi connectivity index (χ1v) is 9.60. The van der Waals surface area contributed by atoms with Crippen LogP contribution in [0.3, 0.4) is 0 Å². The van der Waals surface area contributed by atoms with Crippen molar-refractivity contribution < 1.29 is 18.0 Å². The van der Waals surface area contributed by atoms with Crippen molar-refractivity contribution in [2.24, 2.45) is 0 Å². The normalized spacial score (nSPS) is 17.7. The average molecular weight is 389 g/mol. The van der Waals surface area contributed by atoms with Gasteiger partial charge in [0, 0.05) is 38.2 Å². The van der Waals surface area contributed by atoms with E-state index in [0.29, 0.717) is 18.1 Å². The lowest BCUT2D eigenvalue weighted by molar-refractivity contribution is -0.125. The van der Waals surface area contributed by atoms with Crippen LogP contribution < -0.4 is 10.6 Å². The van der Waals surface area contributed by atoms with Crippen LogP contribution in [0.15, 0.2) is 29.2 Å². The van der Waals surface area contributed by atoms with Crippen molar-refractivity contribution in [3.8, 4) is 0 Å². The van der Waals surface area contributed by atoms with Gasteiger partial charge in [-0.05, 0) is 25.1 Å². The van der Waals surface area contributed by atoms with Gasteiger partial charge in [-0.25, -0.2) is 13.2 Å². The van der Waals surface area contributed by atoms with Crippen molar-refractivity contribution in [3.05, 3.63) is 29.3 Å². The lowest BCUT2D eigenvalue weighted by Crippen LogP contribution is -2.56. The summed E-state index contributed by atoms with van der Waals surface area (Å²) in [5.74, 6) is -0.425. The Balaban J connectivity index is 1.99. The van der Waals surface area contributed by atoms with Gasteiger partial charge in [-0.15, -0.1) is 0 Å². The molecule has 1 aromatic carbocycles. The van der Waals surface area contributed by atoms with E-state index < -0.39 is 28.0 Å². The predicted octanol–water partition coefficient (Wildman–Crippen LogP) is 0.490. The SMILES string of the molecule is CNC(=O)NC(=O)[C@H](C)N1CCN(S(=O)(=O)c2cccc(Cl)c2)CC1. The van der Waals surface area contributed by atoms with E-state index in [-0.39, 0.29) is 18.0 Å². The third-order valence-electron chi connectivity index (χ3n) is 4.10. The van der Waals surface area contributed by atoms with Gasteiger partial charge in [0.25, 0.3) is 0 Å². The standard InChI is InChI=1S/C15H21ClN4O4S/c1-11(14(21)18-15(22)17-2)19-6-8-20(9-7-19)25(23,24)13-5-3-4-12(16)10-13/h3-5,10-11H,6-9H2,1-2H3,(H2,17,18,21,22)/t11-/m0/s1. The minimum Gasteiger partial charge on any atom is -0.341 e. The van der Waals surface area contributed by atoms with E-state index in [2.05, 4.69) is 10.6 Å². The smallest absolute Gasteiger partial charge is 0.321 e. The molecule has 1 atom stereocenters. The average Bonchev–Trinajstić information content (AvgIpc) is 2.61. The molecule has 0 aliphatic carbocycles. The van der Waals surface area contributed by atoms with Crippen molar-refractivity contribution in [1.29, 1.82) is 0 Å². The van der Waals surface area contributed by atoms with Crippen LogP contribution in [0.2, 0.25) is 5.02 Å². The summed E-state index contributed by atoms with van der Waals surface area (Å²) in [4.78, 5) is 25.2. The summed E-state index contributed by atoms with van der Waals surface area (Å²) in [6.45, 7) is 2.97. The summed E-state index contributed by atoms with van der Waals surface area (Å²) >= 11 is 5.87. The minimum atomic E-state index is -3.62. The van der Waals surface area contributed by atoms with Gasteiger partial charge in [-0.1, -0.05) is 17.7 Å². The molecular formula is C15H21ClN4O4S. The minimum absolute atomic E-state index is 0.152. The van der Waals surface area contributed by atoms with Crippen molar-refractivity contribution in [2.75, 3.05) is 33.2 Å². The van der Waals surface area contributed by atoms with Crippen LogP contribution in [-0.2, 0) is 14.8 Å². The van der Waals surface area contributed by atoms with Gasteiger partial charge in [-0.3, -0.25) is 15.0 Å². The summed E-state index contributed by atoms with van der Waals surface area (Å²) < 4.78 is 26.7. The van der Waals surface area contributed by atoms with Gasteiger partial charge in [-0.2, -0.15) is 4.31 Å². The Morgan fingerprint density at radius 3 is 2.40 bits per heavy atom. The maximum absolute atomic E-state index is 12.7. The van der Waals surface area contributed by atoms with Gasteiger partial charge >= 0.3 is 6.03 Å². The lowest BCUT2D eigenvalue weighted by atomic mass is 10.2. The number of nitrogens with one attached hydrogen (secondary N) is 2. The Bertz CT molecular complexity index is 748. The van der Waals surface area contributed by atoms with Gasteiger partial charge in [0.15, 0.2) is 0 Å². The van der Waals surface area contributed by atoms with Crippen LogP contribution >= 0.6 is 11.6 Å². The van der Waals surface area contributed by atoms with E-state index in [0.717, 1.165) is 0 Å². The van der Waals surface area contributed by atoms with Crippen LogP contribution in [0.25, 0.3) is 0 Å². The van der Waals surface area contributed by atoms with Crippen LogP contribution in [0, 0.1) is 0 Å². The molecular weight excluding hydrogens is 368 g/mol. The molecule has 1 fully saturated rings. The molecule has 10 heteroatoms. The third kappa shape index (κ3) is 4.69. The number of urea groups is 1. The lowest BCUT2D eigenvalue weighted by Gasteiger charge is -2.36. The second-order valence-corrected chi connectivity index (χ2v) is 8.02. The molecule has 1 aliphatic heterocycles. The number of hydrogen-bond donors (Lipinski definition) is 2. The highest BCUT2D eigenvalue weighted by Gasteiger charge is 2.32. The summed E-state index contributed by atoms with van der Waals surface area (Å²) in [6.07, 6.45) is 0. The van der Waals surface area contributed by atoms with Crippen LogP contribution in [0.4, 0.5) is 4.79 Å². The number of sulfonamides is 1. The van der Waals surface area contributed by atoms with E-state index in [4.69, 9.17) is 11.6 Å². The van der Waals surface area contributed by atoms with Crippen molar-refractivity contribution in [1.82, 2.24) is 19.8 Å². The topological polar surface area (TPSA) is 98.8 Å². The van der Waals surface area contributed by atoms with E-state index in [1.807, 2.05) is 4.90 Å². The van der Waals surface area contributed by atoms with E-state index in [1.54, 1.807) is 19.1 Å². The number of carbonyl (C=O) groups excluding carboxylic acids is 2. The molecule has 8 nitrogen and oxygen atoms in total. The highest BCUT2D eigenvalue weighted by atomic mass is 35.5. The molecule has 1 heterocycles. The second kappa shape index (κ2) is 8.13. The maximum atomic E-state index is 12.7. The first-order chi connectivity index (χ1) is 11.8. The van der Waals surface area contributed by atoms with Gasteiger partial charge in [0.1, 0.15) is 0 Å². The van der Waals surface area contributed by atoms with Gasteiger partial charge < -0.3 is 5.32 Å². The summed E-state index contributed by atoms with van der Waals surface area (Å²) in [5.41, 5.74) is 0. The summed E-state index contributed by atoms with van der Waals surface area (Å²) in [6, 6.07) is 5.03. The molecule has 138 valence electrons. The molecule has 0 unspecified atom stereocenters. The first kappa shape index (κ1) is 19.6. The van der Waals surface area contributed by atoms with Gasteiger partial charge in [0.05, 0.1) is 10.9 Å². The molecule has 0 radical (unpaired) electrons. The zero-order valence-electron chi connectivity index (χ0n) is 14.0. The molecule has 2 N–H and O–H groups in total. The fourth-order valence-corrected chi connectivity index (χ4v) is 4.28. The molecule has 0 spiro atoms. The molecule has 25 heavy (non-hydrogen) atoms. The van der Waals surface area contributed by atoms with Crippen molar-refractivity contribution in [2.45, 2.75) is 17.9 Å². The molecule has 1 aromatic rings. The van der Waals surface area contributed by atoms with Gasteiger partial charge in [0.2, 0.25) is 15.9 Å². The molecule has 0 saturated carbocycles. The number of benzene rings is 1. The molecule has 1 saturated heterocycles. The monoisotopic (exact) mass is 388 g/mol. The largest absolute Gasteiger partial charge is 0.341 e. The highest BCUT2D eigenvalue weighted by molar-refractivity contribution is 7.89. The third-order valence-corrected chi connectivity index (χ3v) is 6.23. The number of halogens is 1. The Kier molecular flexibility index (Phi) is 6.39. The Labute approximate surface area is 152 Å². The molecule has 0 bridgehead atoms. The van der Waals surface area contributed by atoms with Crippen molar-refractivity contribution in [3.63, 3.8) is 0 Å². The number of imide groups is 1. The van der Waals surface area contributed by atoms with E-state index >= 15 is 0 Å². The fourth-order valence-electron chi connectivity index (χ4n) is 2.55. The number of piperazine rings is 1. The first-order valence-electron chi connectivity index (χ1n) is 7.78. The predicted molar refractivity (Wildman–Crippen MR) is 93.8 cm³/mol. The zero-order valence-corrected chi connectivity index (χ0v) is 15.6. The quantitative estimate of drug-likeness (QED) is 0.782. The number of amides is 3. The number of rotatable bonds is 4. The molecule has 0 aromatic heterocycles. The van der Waals surface area contributed by atoms with Crippen LogP contribution in [-0.4, -0.2) is 68.8 Å². The number of carbonyl (C=O) groups is 2. The Morgan fingerprint density at radius 1 is 1.20 bits per heavy atom. The number of nitrogens with zero attached hydrogens (tertiary/aromatic N) is 2. The fraction of sp³-hybridized carbons (Fsp3) is 0.467. The Hall–Kier alpha value is -1.68. The van der Waals surface area contributed by atoms with Crippen LogP contribution in [0.5, 0.6) is 0 Å². The molecule has 2 rings (SSSR count).